The highest BCUT2D eigenvalue weighted by Gasteiger charge is 2.32. The molecule has 0 bridgehead atoms. The van der Waals surface area contributed by atoms with Crippen molar-refractivity contribution in [1.82, 2.24) is 9.80 Å². The molecule has 0 aromatic heterocycles. The minimum atomic E-state index is -4.49. The fraction of sp³-hybridized carbons (Fsp3) is 0.588. The zero-order valence-corrected chi connectivity index (χ0v) is 27.7. The minimum Gasteiger partial charge on any atom is -0.490 e. The van der Waals surface area contributed by atoms with E-state index >= 15 is 0 Å². The third kappa shape index (κ3) is 12.3. The first kappa shape index (κ1) is 39.1. The van der Waals surface area contributed by atoms with Crippen molar-refractivity contribution in [1.29, 1.82) is 0 Å². The molecule has 14 heteroatoms. The van der Waals surface area contributed by atoms with Crippen LogP contribution in [0.2, 0.25) is 0 Å². The van der Waals surface area contributed by atoms with Crippen LogP contribution < -0.4 is 10.1 Å². The Labute approximate surface area is 277 Å². The second-order valence-electron chi connectivity index (χ2n) is 12.6. The van der Waals surface area contributed by atoms with Crippen molar-refractivity contribution in [3.05, 3.63) is 59.2 Å². The number of ether oxygens (including phenoxy) is 2. The number of nitrogens with one attached hydrogen (secondary N) is 1. The van der Waals surface area contributed by atoms with Gasteiger partial charge < -0.3 is 24.8 Å². The number of fused-ring (bicyclic) bond motifs is 1. The van der Waals surface area contributed by atoms with Gasteiger partial charge in [-0.15, -0.1) is 0 Å². The third-order valence-electron chi connectivity index (χ3n) is 8.20. The quantitative estimate of drug-likeness (QED) is 0.278. The van der Waals surface area contributed by atoms with Gasteiger partial charge in [0.15, 0.2) is 0 Å². The van der Waals surface area contributed by atoms with Gasteiger partial charge in [0.25, 0.3) is 5.91 Å². The summed E-state index contributed by atoms with van der Waals surface area (Å²) < 4.78 is 89.5. The van der Waals surface area contributed by atoms with Crippen LogP contribution in [0.4, 0.5) is 32.0 Å². The fourth-order valence-electron chi connectivity index (χ4n) is 5.42. The number of anilines is 1. The van der Waals surface area contributed by atoms with Crippen LogP contribution in [0.25, 0.3) is 0 Å². The predicted octanol–water partition coefficient (Wildman–Crippen LogP) is 6.91. The number of hydrogen-bond donors (Lipinski definition) is 2. The largest absolute Gasteiger partial charge is 0.490 e. The Hall–Kier alpha value is -3.36. The Morgan fingerprint density at radius 3 is 2.40 bits per heavy atom. The molecule has 2 N–H and O–H groups in total. The van der Waals surface area contributed by atoms with Crippen LogP contribution in [0.3, 0.4) is 0 Å². The summed E-state index contributed by atoms with van der Waals surface area (Å²) in [6.45, 7) is 6.42. The van der Waals surface area contributed by atoms with Crippen LogP contribution in [0.5, 0.6) is 5.75 Å². The molecule has 8 nitrogen and oxygen atoms in total. The van der Waals surface area contributed by atoms with E-state index in [2.05, 4.69) is 5.32 Å². The second kappa shape index (κ2) is 17.3. The van der Waals surface area contributed by atoms with E-state index in [-0.39, 0.29) is 48.3 Å². The average Bonchev–Trinajstić information content (AvgIpc) is 3.01. The smallest absolute Gasteiger partial charge is 0.416 e. The van der Waals surface area contributed by atoms with Crippen LogP contribution in [-0.4, -0.2) is 84.5 Å². The number of aliphatic hydroxyl groups excluding tert-OH is 1. The summed E-state index contributed by atoms with van der Waals surface area (Å²) in [5.41, 5.74) is 0.174. The molecule has 0 saturated carbocycles. The first-order valence-corrected chi connectivity index (χ1v) is 16.0. The maximum Gasteiger partial charge on any atom is 0.416 e. The molecule has 2 amide bonds. The number of benzene rings is 2. The van der Waals surface area contributed by atoms with Crippen molar-refractivity contribution in [2.24, 2.45) is 5.92 Å². The maximum atomic E-state index is 14.2. The molecule has 3 rings (SSSR count). The van der Waals surface area contributed by atoms with E-state index in [4.69, 9.17) is 9.47 Å². The van der Waals surface area contributed by atoms with Crippen molar-refractivity contribution in [2.45, 2.75) is 90.0 Å². The topological polar surface area (TPSA) is 91.3 Å². The molecule has 0 radical (unpaired) electrons. The average molecular weight is 690 g/mol. The number of hydrogen-bond acceptors (Lipinski definition) is 6. The Balaban J connectivity index is 1.86. The summed E-state index contributed by atoms with van der Waals surface area (Å²) >= 11 is 0. The lowest BCUT2D eigenvalue weighted by Gasteiger charge is -2.36. The molecule has 0 spiro atoms. The van der Waals surface area contributed by atoms with E-state index in [9.17, 15) is 41.0 Å². The van der Waals surface area contributed by atoms with Gasteiger partial charge >= 0.3 is 12.4 Å². The summed E-state index contributed by atoms with van der Waals surface area (Å²) in [6.07, 6.45) is -9.55. The van der Waals surface area contributed by atoms with Crippen LogP contribution in [-0.2, 0) is 22.3 Å². The first-order chi connectivity index (χ1) is 22.5. The molecular formula is C34H45F6N3O5. The summed E-state index contributed by atoms with van der Waals surface area (Å²) in [7, 11) is 1.83. The van der Waals surface area contributed by atoms with Gasteiger partial charge in [0.2, 0.25) is 5.91 Å². The summed E-state index contributed by atoms with van der Waals surface area (Å²) in [4.78, 5) is 29.8. The van der Waals surface area contributed by atoms with Crippen molar-refractivity contribution >= 4 is 17.5 Å². The highest BCUT2D eigenvalue weighted by atomic mass is 19.4. The third-order valence-corrected chi connectivity index (χ3v) is 8.20. The van der Waals surface area contributed by atoms with Gasteiger partial charge in [0.05, 0.1) is 42.4 Å². The molecule has 4 atom stereocenters. The molecule has 2 aromatic carbocycles. The number of carbonyl (C=O) groups excluding carboxylic acids is 2. The number of carbonyl (C=O) groups is 2. The van der Waals surface area contributed by atoms with Gasteiger partial charge in [-0.3, -0.25) is 14.5 Å². The molecule has 0 fully saturated rings. The van der Waals surface area contributed by atoms with E-state index in [0.717, 1.165) is 25.0 Å². The zero-order chi connectivity index (χ0) is 35.6. The van der Waals surface area contributed by atoms with E-state index in [1.165, 1.54) is 35.2 Å². The Kier molecular flexibility index (Phi) is 14.1. The summed E-state index contributed by atoms with van der Waals surface area (Å²) in [6, 6.07) is 8.66. The molecule has 48 heavy (non-hydrogen) atoms. The van der Waals surface area contributed by atoms with E-state index in [1.54, 1.807) is 6.92 Å². The number of aliphatic hydroxyl groups is 1. The van der Waals surface area contributed by atoms with E-state index in [0.29, 0.717) is 31.7 Å². The van der Waals surface area contributed by atoms with Gasteiger partial charge in [-0.1, -0.05) is 19.1 Å². The standard InChI is InChI=1S/C34H45F6N3O5/c1-22-18-43(23(2)21-44)32(46)28-17-27(41-31(45)14-15-33(35,36)37)12-13-29(28)48-24(3)7-5-6-16-47-30(22)20-42(4)19-25-8-10-26(11-9-25)34(38,39)40/h8-13,17,22-24,30,44H,5-7,14-16,18-21H2,1-4H3,(H,41,45)/t22-,23+,24+,30+/m0/s1. The Morgan fingerprint density at radius 2 is 1.77 bits per heavy atom. The van der Waals surface area contributed by atoms with Gasteiger partial charge in [-0.25, -0.2) is 0 Å². The van der Waals surface area contributed by atoms with Crippen molar-refractivity contribution < 1.29 is 50.5 Å². The summed E-state index contributed by atoms with van der Waals surface area (Å²) in [5, 5.41) is 12.5. The molecule has 1 aliphatic rings. The lowest BCUT2D eigenvalue weighted by Crippen LogP contribution is -2.47. The molecule has 2 aromatic rings. The van der Waals surface area contributed by atoms with Crippen molar-refractivity contribution in [2.75, 3.05) is 38.7 Å². The van der Waals surface area contributed by atoms with Crippen LogP contribution in [0.15, 0.2) is 42.5 Å². The van der Waals surface area contributed by atoms with Crippen LogP contribution in [0.1, 0.15) is 74.4 Å². The van der Waals surface area contributed by atoms with Gasteiger partial charge in [-0.2, -0.15) is 26.3 Å². The normalized spacial score (nSPS) is 20.9. The number of alkyl halides is 6. The van der Waals surface area contributed by atoms with Gasteiger partial charge in [-0.05, 0) is 76.1 Å². The Morgan fingerprint density at radius 1 is 1.08 bits per heavy atom. The molecule has 268 valence electrons. The van der Waals surface area contributed by atoms with Crippen LogP contribution in [0, 0.1) is 5.92 Å². The molecule has 1 heterocycles. The molecule has 0 saturated heterocycles. The number of rotatable bonds is 9. The molecular weight excluding hydrogens is 644 g/mol. The molecule has 0 aliphatic carbocycles. The summed E-state index contributed by atoms with van der Waals surface area (Å²) in [5.74, 6) is -1.39. The number of amides is 2. The van der Waals surface area contributed by atoms with Crippen LogP contribution >= 0.6 is 0 Å². The van der Waals surface area contributed by atoms with E-state index < -0.39 is 48.6 Å². The molecule has 0 unspecified atom stereocenters. The lowest BCUT2D eigenvalue weighted by atomic mass is 10.0. The zero-order valence-electron chi connectivity index (χ0n) is 27.7. The SMILES string of the molecule is C[C@@H]1CCCCO[C@H](CN(C)Cc2ccc(C(F)(F)F)cc2)[C@@H](C)CN([C@H](C)CO)C(=O)c2cc(NC(=O)CCC(F)(F)F)ccc2O1. The van der Waals surface area contributed by atoms with E-state index in [1.807, 2.05) is 25.8 Å². The van der Waals surface area contributed by atoms with Crippen molar-refractivity contribution in [3.63, 3.8) is 0 Å². The highest BCUT2D eigenvalue weighted by molar-refractivity contribution is 5.99. The number of nitrogens with zero attached hydrogens (tertiary/aromatic N) is 2. The maximum absolute atomic E-state index is 14.2. The monoisotopic (exact) mass is 689 g/mol. The van der Waals surface area contributed by atoms with Gasteiger partial charge in [0, 0.05) is 44.3 Å². The van der Waals surface area contributed by atoms with Gasteiger partial charge in [0.1, 0.15) is 5.75 Å². The molecule has 1 aliphatic heterocycles. The minimum absolute atomic E-state index is 0.0805. The Bertz CT molecular complexity index is 1340. The lowest BCUT2D eigenvalue weighted by molar-refractivity contribution is -0.142. The fourth-order valence-corrected chi connectivity index (χ4v) is 5.42. The second-order valence-corrected chi connectivity index (χ2v) is 12.6. The number of halogens is 6. The van der Waals surface area contributed by atoms with Crippen molar-refractivity contribution in [3.8, 4) is 5.75 Å². The first-order valence-electron chi connectivity index (χ1n) is 16.0. The number of likely N-dealkylation sites (N-methyl/N-ethyl adjacent to an activating group) is 1. The highest BCUT2D eigenvalue weighted by Crippen LogP contribution is 2.31. The predicted molar refractivity (Wildman–Crippen MR) is 169 cm³/mol.